The van der Waals surface area contributed by atoms with E-state index in [0.717, 1.165) is 19.4 Å². The first-order chi connectivity index (χ1) is 7.58. The normalized spacial score (nSPS) is 31.3. The lowest BCUT2D eigenvalue weighted by Gasteiger charge is -2.24. The molecule has 1 amide bonds. The minimum atomic E-state index is -0.920. The predicted octanol–water partition coefficient (Wildman–Crippen LogP) is 0.0600. The first kappa shape index (κ1) is 11.4. The van der Waals surface area contributed by atoms with Crippen molar-refractivity contribution in [1.29, 1.82) is 0 Å². The topological polar surface area (TPSA) is 69.6 Å². The fraction of sp³-hybridized carbons (Fsp3) is 0.818. The van der Waals surface area contributed by atoms with Crippen LogP contribution in [0.1, 0.15) is 26.2 Å². The van der Waals surface area contributed by atoms with E-state index >= 15 is 0 Å². The molecule has 1 aliphatic heterocycles. The van der Waals surface area contributed by atoms with Crippen molar-refractivity contribution >= 4 is 11.9 Å². The molecule has 0 aromatic heterocycles. The van der Waals surface area contributed by atoms with E-state index in [-0.39, 0.29) is 12.3 Å². The standard InChI is InChI=1S/C11H18N2O3/c1-7-5-12-9(4-10(14)15)11(16)13(6-7)8-2-3-8/h7-9,12H,2-6H2,1H3,(H,14,15). The molecule has 1 saturated carbocycles. The van der Waals surface area contributed by atoms with Gasteiger partial charge in [0.25, 0.3) is 0 Å². The number of aliphatic carboxylic acids is 1. The molecule has 2 unspecified atom stereocenters. The van der Waals surface area contributed by atoms with Gasteiger partial charge in [-0.05, 0) is 18.8 Å². The highest BCUT2D eigenvalue weighted by Crippen LogP contribution is 2.29. The van der Waals surface area contributed by atoms with E-state index in [4.69, 9.17) is 5.11 Å². The van der Waals surface area contributed by atoms with E-state index in [1.165, 1.54) is 0 Å². The molecule has 2 N–H and O–H groups in total. The number of carbonyl (C=O) groups is 2. The molecule has 16 heavy (non-hydrogen) atoms. The molecule has 0 radical (unpaired) electrons. The maximum absolute atomic E-state index is 12.1. The van der Waals surface area contributed by atoms with E-state index < -0.39 is 12.0 Å². The molecule has 5 heteroatoms. The number of carbonyl (C=O) groups excluding carboxylic acids is 1. The van der Waals surface area contributed by atoms with E-state index in [2.05, 4.69) is 12.2 Å². The Morgan fingerprint density at radius 2 is 2.25 bits per heavy atom. The smallest absolute Gasteiger partial charge is 0.305 e. The largest absolute Gasteiger partial charge is 0.481 e. The Labute approximate surface area is 94.8 Å². The number of nitrogens with zero attached hydrogens (tertiary/aromatic N) is 1. The van der Waals surface area contributed by atoms with E-state index in [1.807, 2.05) is 4.90 Å². The summed E-state index contributed by atoms with van der Waals surface area (Å²) in [7, 11) is 0. The van der Waals surface area contributed by atoms with Gasteiger partial charge in [-0.1, -0.05) is 6.92 Å². The second-order valence-electron chi connectivity index (χ2n) is 4.89. The lowest BCUT2D eigenvalue weighted by Crippen LogP contribution is -2.45. The third-order valence-corrected chi connectivity index (χ3v) is 3.17. The first-order valence-electron chi connectivity index (χ1n) is 5.83. The molecule has 2 fully saturated rings. The van der Waals surface area contributed by atoms with Gasteiger partial charge in [-0.2, -0.15) is 0 Å². The summed E-state index contributed by atoms with van der Waals surface area (Å²) in [6.45, 7) is 3.55. The molecular formula is C11H18N2O3. The lowest BCUT2D eigenvalue weighted by atomic mass is 10.2. The number of carboxylic acid groups (broad SMARTS) is 1. The quantitative estimate of drug-likeness (QED) is 0.714. The van der Waals surface area contributed by atoms with E-state index in [9.17, 15) is 9.59 Å². The highest BCUT2D eigenvalue weighted by Gasteiger charge is 2.38. The number of hydrogen-bond donors (Lipinski definition) is 2. The summed E-state index contributed by atoms with van der Waals surface area (Å²) in [5, 5.41) is 11.8. The number of hydrogen-bond acceptors (Lipinski definition) is 3. The number of carboxylic acids is 1. The Hall–Kier alpha value is -1.10. The van der Waals surface area contributed by atoms with Crippen LogP contribution in [0.4, 0.5) is 0 Å². The summed E-state index contributed by atoms with van der Waals surface area (Å²) in [6, 6.07) is -0.172. The van der Waals surface area contributed by atoms with Gasteiger partial charge in [0.15, 0.2) is 0 Å². The summed E-state index contributed by atoms with van der Waals surface area (Å²) >= 11 is 0. The molecule has 0 bridgehead atoms. The predicted molar refractivity (Wildman–Crippen MR) is 57.9 cm³/mol. The van der Waals surface area contributed by atoms with Crippen LogP contribution in [0, 0.1) is 5.92 Å². The SMILES string of the molecule is CC1CNC(CC(=O)O)C(=O)N(C2CC2)C1. The number of amides is 1. The Bertz CT molecular complexity index is 302. The van der Waals surface area contributed by atoms with Crippen LogP contribution in [0.5, 0.6) is 0 Å². The van der Waals surface area contributed by atoms with Crippen molar-refractivity contribution < 1.29 is 14.7 Å². The van der Waals surface area contributed by atoms with Gasteiger partial charge in [-0.3, -0.25) is 9.59 Å². The maximum Gasteiger partial charge on any atom is 0.305 e. The molecule has 2 rings (SSSR count). The Morgan fingerprint density at radius 3 is 2.81 bits per heavy atom. The summed E-state index contributed by atoms with van der Waals surface area (Å²) < 4.78 is 0. The van der Waals surface area contributed by atoms with Crippen molar-refractivity contribution in [3.8, 4) is 0 Å². The van der Waals surface area contributed by atoms with Gasteiger partial charge in [0, 0.05) is 19.1 Å². The highest BCUT2D eigenvalue weighted by atomic mass is 16.4. The zero-order valence-corrected chi connectivity index (χ0v) is 9.48. The van der Waals surface area contributed by atoms with Crippen LogP contribution in [0.3, 0.4) is 0 Å². The zero-order chi connectivity index (χ0) is 11.7. The van der Waals surface area contributed by atoms with E-state index in [1.54, 1.807) is 0 Å². The minimum absolute atomic E-state index is 0.0331. The third-order valence-electron chi connectivity index (χ3n) is 3.17. The third kappa shape index (κ3) is 2.52. The van der Waals surface area contributed by atoms with Crippen molar-refractivity contribution in [3.05, 3.63) is 0 Å². The number of rotatable bonds is 3. The fourth-order valence-corrected chi connectivity index (χ4v) is 2.17. The summed E-state index contributed by atoms with van der Waals surface area (Å²) in [4.78, 5) is 24.7. The van der Waals surface area contributed by atoms with Gasteiger partial charge >= 0.3 is 5.97 Å². The Kier molecular flexibility index (Phi) is 3.14. The molecule has 2 atom stereocenters. The molecule has 2 aliphatic rings. The Morgan fingerprint density at radius 1 is 1.56 bits per heavy atom. The van der Waals surface area contributed by atoms with E-state index in [0.29, 0.717) is 18.5 Å². The number of nitrogens with one attached hydrogen (secondary N) is 1. The van der Waals surface area contributed by atoms with Crippen LogP contribution in [0.15, 0.2) is 0 Å². The second-order valence-corrected chi connectivity index (χ2v) is 4.89. The van der Waals surface area contributed by atoms with Gasteiger partial charge in [0.2, 0.25) is 5.91 Å². The maximum atomic E-state index is 12.1. The molecule has 0 spiro atoms. The van der Waals surface area contributed by atoms with Crippen molar-refractivity contribution in [1.82, 2.24) is 10.2 Å². The first-order valence-corrected chi connectivity index (χ1v) is 5.83. The van der Waals surface area contributed by atoms with Gasteiger partial charge in [-0.15, -0.1) is 0 Å². The molecule has 0 aromatic rings. The van der Waals surface area contributed by atoms with Gasteiger partial charge in [0.1, 0.15) is 0 Å². The molecule has 5 nitrogen and oxygen atoms in total. The molecule has 0 aromatic carbocycles. The monoisotopic (exact) mass is 226 g/mol. The van der Waals surface area contributed by atoms with Crippen molar-refractivity contribution in [2.45, 2.75) is 38.3 Å². The van der Waals surface area contributed by atoms with Crippen molar-refractivity contribution in [2.24, 2.45) is 5.92 Å². The molecule has 1 heterocycles. The van der Waals surface area contributed by atoms with Crippen LogP contribution in [-0.4, -0.2) is 47.1 Å². The summed E-state index contributed by atoms with van der Waals surface area (Å²) in [5.41, 5.74) is 0. The Balaban J connectivity index is 2.07. The van der Waals surface area contributed by atoms with Crippen LogP contribution in [0.2, 0.25) is 0 Å². The summed E-state index contributed by atoms with van der Waals surface area (Å²) in [6.07, 6.45) is 2.02. The molecule has 90 valence electrons. The van der Waals surface area contributed by atoms with Crippen LogP contribution in [0.25, 0.3) is 0 Å². The van der Waals surface area contributed by atoms with Crippen LogP contribution < -0.4 is 5.32 Å². The summed E-state index contributed by atoms with van der Waals surface area (Å²) in [5.74, 6) is -0.561. The average Bonchev–Trinajstić information content (AvgIpc) is 3.01. The van der Waals surface area contributed by atoms with Gasteiger partial charge in [0.05, 0.1) is 12.5 Å². The molecule has 1 aliphatic carbocycles. The zero-order valence-electron chi connectivity index (χ0n) is 9.48. The van der Waals surface area contributed by atoms with Gasteiger partial charge < -0.3 is 15.3 Å². The van der Waals surface area contributed by atoms with Crippen molar-refractivity contribution in [3.63, 3.8) is 0 Å². The molecule has 1 saturated heterocycles. The lowest BCUT2D eigenvalue weighted by molar-refractivity contribution is -0.142. The minimum Gasteiger partial charge on any atom is -0.481 e. The van der Waals surface area contributed by atoms with Crippen LogP contribution in [-0.2, 0) is 9.59 Å². The van der Waals surface area contributed by atoms with Gasteiger partial charge in [-0.25, -0.2) is 0 Å². The fourth-order valence-electron chi connectivity index (χ4n) is 2.17. The average molecular weight is 226 g/mol. The second kappa shape index (κ2) is 4.41. The van der Waals surface area contributed by atoms with Crippen molar-refractivity contribution in [2.75, 3.05) is 13.1 Å². The highest BCUT2D eigenvalue weighted by molar-refractivity contribution is 5.86. The molecular weight excluding hydrogens is 208 g/mol. The van der Waals surface area contributed by atoms with Crippen LogP contribution >= 0.6 is 0 Å².